The molecule has 4 aromatic rings. The molecule has 2 aromatic heterocycles. The molecule has 0 unspecified atom stereocenters. The summed E-state index contributed by atoms with van der Waals surface area (Å²) in [6.07, 6.45) is 2.03. The third-order valence-corrected chi connectivity index (χ3v) is 5.14. The summed E-state index contributed by atoms with van der Waals surface area (Å²) >= 11 is 0. The number of benzene rings is 2. The first-order chi connectivity index (χ1) is 14.4. The lowest BCUT2D eigenvalue weighted by molar-refractivity contribution is 0.0984. The number of oxazole rings is 1. The van der Waals surface area contributed by atoms with Crippen molar-refractivity contribution < 1.29 is 18.0 Å². The lowest BCUT2D eigenvalue weighted by atomic mass is 9.97. The number of carbonyl (C=O) groups excluding carboxylic acids is 1. The molecular weight excluding hydrogens is 390 g/mol. The summed E-state index contributed by atoms with van der Waals surface area (Å²) in [6, 6.07) is 10.5. The zero-order valence-corrected chi connectivity index (χ0v) is 16.4. The van der Waals surface area contributed by atoms with Gasteiger partial charge >= 0.3 is 5.76 Å². The first-order valence-corrected chi connectivity index (χ1v) is 9.44. The first kappa shape index (κ1) is 19.7. The molecule has 2 heterocycles. The smallest absolute Gasteiger partial charge is 0.407 e. The Balaban J connectivity index is 1.66. The number of halogens is 2. The van der Waals surface area contributed by atoms with E-state index >= 15 is 0 Å². The zero-order chi connectivity index (χ0) is 21.4. The normalized spacial score (nSPS) is 11.2. The molecule has 0 aliphatic heterocycles. The van der Waals surface area contributed by atoms with Crippen molar-refractivity contribution in [1.29, 1.82) is 0 Å². The molecule has 4 rings (SSSR count). The number of ketones is 1. The summed E-state index contributed by atoms with van der Waals surface area (Å²) < 4.78 is 34.5. The largest absolute Gasteiger partial charge is 0.419 e. The first-order valence-electron chi connectivity index (χ1n) is 9.44. The number of hydrogen-bond donors (Lipinski definition) is 0. The van der Waals surface area contributed by atoms with Gasteiger partial charge in [-0.15, -0.1) is 0 Å². The summed E-state index contributed by atoms with van der Waals surface area (Å²) in [5.41, 5.74) is 3.63. The van der Waals surface area contributed by atoms with Gasteiger partial charge in [-0.05, 0) is 36.2 Å². The van der Waals surface area contributed by atoms with Gasteiger partial charge in [-0.1, -0.05) is 25.1 Å². The monoisotopic (exact) mass is 408 g/mol. The highest BCUT2D eigenvalue weighted by Crippen LogP contribution is 2.30. The molecule has 0 N–H and O–H groups in total. The van der Waals surface area contributed by atoms with Gasteiger partial charge in [0.2, 0.25) is 0 Å². The summed E-state index contributed by atoms with van der Waals surface area (Å²) in [5.74, 6) is -2.87. The lowest BCUT2D eigenvalue weighted by Gasteiger charge is -2.09. The zero-order valence-electron chi connectivity index (χ0n) is 16.4. The van der Waals surface area contributed by atoms with Crippen LogP contribution in [0.2, 0.25) is 0 Å². The van der Waals surface area contributed by atoms with Crippen molar-refractivity contribution in [3.63, 3.8) is 0 Å². The molecule has 2 aromatic carbocycles. The highest BCUT2D eigenvalue weighted by Gasteiger charge is 2.18. The van der Waals surface area contributed by atoms with Crippen LogP contribution in [0.1, 0.15) is 28.5 Å². The molecule has 30 heavy (non-hydrogen) atoms. The number of carbonyl (C=O) groups is 1. The van der Waals surface area contributed by atoms with Crippen molar-refractivity contribution in [3.8, 4) is 11.1 Å². The van der Waals surface area contributed by atoms with Crippen LogP contribution in [0.4, 0.5) is 8.78 Å². The van der Waals surface area contributed by atoms with Crippen LogP contribution in [-0.4, -0.2) is 15.3 Å². The minimum atomic E-state index is -0.887. The molecule has 0 aliphatic rings. The van der Waals surface area contributed by atoms with Crippen LogP contribution in [0.3, 0.4) is 0 Å². The Morgan fingerprint density at radius 1 is 1.10 bits per heavy atom. The fourth-order valence-electron chi connectivity index (χ4n) is 3.57. The van der Waals surface area contributed by atoms with Crippen molar-refractivity contribution in [3.05, 3.63) is 87.7 Å². The number of aryl methyl sites for hydroxylation is 2. The van der Waals surface area contributed by atoms with E-state index in [9.17, 15) is 18.4 Å². The van der Waals surface area contributed by atoms with Crippen molar-refractivity contribution >= 4 is 16.9 Å². The summed E-state index contributed by atoms with van der Waals surface area (Å²) in [7, 11) is 1.65. The molecule has 5 nitrogen and oxygen atoms in total. The number of nitrogens with zero attached hydrogens (tertiary/aromatic N) is 2. The number of rotatable bonds is 5. The highest BCUT2D eigenvalue weighted by atomic mass is 19.1. The van der Waals surface area contributed by atoms with E-state index in [0.29, 0.717) is 23.2 Å². The maximum absolute atomic E-state index is 13.8. The average molecular weight is 408 g/mol. The SMILES string of the molecule is CCc1c(-c2ccc(CC(=O)c3c(F)cccc3F)nc2)ccc2c1oc(=O)n2C. The maximum Gasteiger partial charge on any atom is 0.419 e. The summed E-state index contributed by atoms with van der Waals surface area (Å²) in [4.78, 5) is 28.5. The van der Waals surface area contributed by atoms with Crippen molar-refractivity contribution in [1.82, 2.24) is 9.55 Å². The van der Waals surface area contributed by atoms with Gasteiger partial charge in [-0.25, -0.2) is 13.6 Å². The lowest BCUT2D eigenvalue weighted by Crippen LogP contribution is -2.10. The molecule has 0 aliphatic carbocycles. The second-order valence-electron chi connectivity index (χ2n) is 6.96. The summed E-state index contributed by atoms with van der Waals surface area (Å²) in [6.45, 7) is 1.97. The Morgan fingerprint density at radius 2 is 1.83 bits per heavy atom. The van der Waals surface area contributed by atoms with Gasteiger partial charge in [0.15, 0.2) is 11.4 Å². The quantitative estimate of drug-likeness (QED) is 0.458. The highest BCUT2D eigenvalue weighted by molar-refractivity contribution is 5.97. The van der Waals surface area contributed by atoms with E-state index in [0.717, 1.165) is 28.8 Å². The van der Waals surface area contributed by atoms with Gasteiger partial charge < -0.3 is 4.42 Å². The van der Waals surface area contributed by atoms with Crippen LogP contribution in [0.25, 0.3) is 22.2 Å². The van der Waals surface area contributed by atoms with E-state index in [1.165, 1.54) is 10.6 Å². The number of aromatic nitrogens is 2. The van der Waals surface area contributed by atoms with Crippen LogP contribution in [0.5, 0.6) is 0 Å². The predicted molar refractivity (Wildman–Crippen MR) is 108 cm³/mol. The molecule has 0 fully saturated rings. The number of pyridine rings is 1. The maximum atomic E-state index is 13.8. The second-order valence-corrected chi connectivity index (χ2v) is 6.96. The molecule has 152 valence electrons. The van der Waals surface area contributed by atoms with Crippen molar-refractivity contribution in [2.75, 3.05) is 0 Å². The molecule has 0 spiro atoms. The third kappa shape index (κ3) is 3.32. The van der Waals surface area contributed by atoms with Crippen LogP contribution < -0.4 is 5.76 Å². The molecule has 7 heteroatoms. The van der Waals surface area contributed by atoms with E-state index in [-0.39, 0.29) is 6.42 Å². The van der Waals surface area contributed by atoms with Crippen molar-refractivity contribution in [2.24, 2.45) is 7.05 Å². The minimum absolute atomic E-state index is 0.217. The Bertz CT molecular complexity index is 1300. The van der Waals surface area contributed by atoms with E-state index in [1.54, 1.807) is 25.4 Å². The molecule has 0 atom stereocenters. The predicted octanol–water partition coefficient (Wildman–Crippen LogP) is 4.46. The fourth-order valence-corrected chi connectivity index (χ4v) is 3.57. The Hall–Kier alpha value is -3.61. The number of Topliss-reactive ketones (excluding diaryl/α,β-unsaturated/α-hetero) is 1. The Morgan fingerprint density at radius 3 is 2.47 bits per heavy atom. The summed E-state index contributed by atoms with van der Waals surface area (Å²) in [5, 5.41) is 0. The third-order valence-electron chi connectivity index (χ3n) is 5.14. The Labute approximate surface area is 170 Å². The van der Waals surface area contributed by atoms with Gasteiger partial charge in [0.05, 0.1) is 17.5 Å². The van der Waals surface area contributed by atoms with Gasteiger partial charge in [0, 0.05) is 30.1 Å². The number of fused-ring (bicyclic) bond motifs is 1. The number of hydrogen-bond acceptors (Lipinski definition) is 4. The average Bonchev–Trinajstić information content (AvgIpc) is 3.02. The van der Waals surface area contributed by atoms with Gasteiger partial charge in [-0.3, -0.25) is 14.3 Å². The molecule has 0 saturated carbocycles. The topological polar surface area (TPSA) is 65.1 Å². The molecular formula is C23H18F2N2O3. The van der Waals surface area contributed by atoms with Gasteiger partial charge in [0.1, 0.15) is 11.6 Å². The van der Waals surface area contributed by atoms with Gasteiger partial charge in [-0.2, -0.15) is 0 Å². The van der Waals surface area contributed by atoms with Crippen LogP contribution in [0.15, 0.2) is 57.9 Å². The van der Waals surface area contributed by atoms with E-state index in [4.69, 9.17) is 4.42 Å². The standard InChI is InChI=1S/C23H18F2N2O3/c1-3-15-16(9-10-19-22(15)30-23(29)27(19)2)13-7-8-14(26-12-13)11-20(28)21-17(24)5-4-6-18(21)25/h4-10,12H,3,11H2,1-2H3. The Kier molecular flexibility index (Phi) is 5.03. The van der Waals surface area contributed by atoms with E-state index < -0.39 is 28.7 Å². The van der Waals surface area contributed by atoms with Crippen molar-refractivity contribution in [2.45, 2.75) is 19.8 Å². The van der Waals surface area contributed by atoms with Gasteiger partial charge in [0.25, 0.3) is 0 Å². The van der Waals surface area contributed by atoms with Crippen LogP contribution in [0, 0.1) is 11.6 Å². The molecule has 0 amide bonds. The molecule has 0 saturated heterocycles. The minimum Gasteiger partial charge on any atom is -0.407 e. The van der Waals surface area contributed by atoms with Crippen LogP contribution >= 0.6 is 0 Å². The molecule has 0 radical (unpaired) electrons. The van der Waals surface area contributed by atoms with Crippen LogP contribution in [-0.2, 0) is 19.9 Å². The fraction of sp³-hybridized carbons (Fsp3) is 0.174. The second kappa shape index (κ2) is 7.67. The van der Waals surface area contributed by atoms with E-state index in [2.05, 4.69) is 4.98 Å². The molecule has 0 bridgehead atoms. The van der Waals surface area contributed by atoms with E-state index in [1.807, 2.05) is 19.1 Å².